The van der Waals surface area contributed by atoms with E-state index in [2.05, 4.69) is 25.4 Å². The molecule has 0 aromatic heterocycles. The molecule has 3 unspecified atom stereocenters. The Kier molecular flexibility index (Phi) is 4.06. The molecule has 0 saturated heterocycles. The van der Waals surface area contributed by atoms with Gasteiger partial charge >= 0.3 is 0 Å². The molecule has 0 amide bonds. The van der Waals surface area contributed by atoms with E-state index in [9.17, 15) is 5.11 Å². The van der Waals surface area contributed by atoms with E-state index in [0.717, 1.165) is 12.3 Å². The van der Waals surface area contributed by atoms with Crippen LogP contribution in [-0.4, -0.2) is 18.2 Å². The molecule has 1 aromatic carbocycles. The normalized spacial score (nSPS) is 29.2. The Hall–Kier alpha value is -1.02. The summed E-state index contributed by atoms with van der Waals surface area (Å²) in [6.45, 7) is 2.35. The predicted octanol–water partition coefficient (Wildman–Crippen LogP) is 2.96. The molecule has 1 aliphatic carbocycles. The molecule has 2 rings (SSSR count). The number of hydrogen-bond acceptors (Lipinski definition) is 2. The lowest BCUT2D eigenvalue weighted by Gasteiger charge is -2.35. The first kappa shape index (κ1) is 12.4. The number of nitrogens with one attached hydrogen (secondary N) is 1. The summed E-state index contributed by atoms with van der Waals surface area (Å²) in [5, 5.41) is 12.9. The molecule has 2 nitrogen and oxygen atoms in total. The van der Waals surface area contributed by atoms with Crippen LogP contribution in [0.4, 0.5) is 0 Å². The first-order valence-corrected chi connectivity index (χ1v) is 6.64. The van der Waals surface area contributed by atoms with E-state index in [4.69, 9.17) is 0 Å². The molecule has 0 bridgehead atoms. The molecular weight excluding hydrogens is 210 g/mol. The van der Waals surface area contributed by atoms with Gasteiger partial charge in [-0.15, -0.1) is 0 Å². The Labute approximate surface area is 104 Å². The highest BCUT2D eigenvalue weighted by atomic mass is 16.3. The van der Waals surface area contributed by atoms with Crippen molar-refractivity contribution in [3.63, 3.8) is 0 Å². The first-order chi connectivity index (χ1) is 8.19. The van der Waals surface area contributed by atoms with E-state index in [-0.39, 0.29) is 0 Å². The van der Waals surface area contributed by atoms with Crippen LogP contribution in [0.25, 0.3) is 0 Å². The van der Waals surface area contributed by atoms with E-state index in [1.54, 1.807) is 6.07 Å². The maximum Gasteiger partial charge on any atom is 0.115 e. The Morgan fingerprint density at radius 3 is 2.88 bits per heavy atom. The lowest BCUT2D eigenvalue weighted by molar-refractivity contribution is 0.220. The minimum atomic E-state index is 0.382. The smallest absolute Gasteiger partial charge is 0.115 e. The van der Waals surface area contributed by atoms with Crippen LogP contribution in [0.1, 0.15) is 31.7 Å². The minimum absolute atomic E-state index is 0.382. The van der Waals surface area contributed by atoms with Gasteiger partial charge in [0, 0.05) is 6.04 Å². The monoisotopic (exact) mass is 233 g/mol. The fourth-order valence-electron chi connectivity index (χ4n) is 3.09. The molecule has 2 N–H and O–H groups in total. The van der Waals surface area contributed by atoms with Crippen molar-refractivity contribution in [2.24, 2.45) is 11.8 Å². The summed E-state index contributed by atoms with van der Waals surface area (Å²) in [5.41, 5.74) is 1.25. The van der Waals surface area contributed by atoms with Crippen molar-refractivity contribution in [1.82, 2.24) is 5.32 Å². The van der Waals surface area contributed by atoms with Crippen molar-refractivity contribution < 1.29 is 5.11 Å². The molecule has 1 saturated carbocycles. The number of aromatic hydroxyl groups is 1. The van der Waals surface area contributed by atoms with Crippen molar-refractivity contribution >= 4 is 0 Å². The van der Waals surface area contributed by atoms with Gasteiger partial charge in [0.25, 0.3) is 0 Å². The van der Waals surface area contributed by atoms with Gasteiger partial charge in [-0.2, -0.15) is 0 Å². The second-order valence-corrected chi connectivity index (χ2v) is 5.45. The number of hydrogen-bond donors (Lipinski definition) is 2. The van der Waals surface area contributed by atoms with E-state index in [0.29, 0.717) is 17.7 Å². The molecule has 94 valence electrons. The molecule has 0 radical (unpaired) electrons. The highest BCUT2D eigenvalue weighted by molar-refractivity contribution is 5.27. The molecule has 1 fully saturated rings. The Morgan fingerprint density at radius 2 is 2.18 bits per heavy atom. The van der Waals surface area contributed by atoms with Crippen LogP contribution >= 0.6 is 0 Å². The van der Waals surface area contributed by atoms with Gasteiger partial charge in [-0.05, 0) is 62.3 Å². The fourth-order valence-corrected chi connectivity index (χ4v) is 3.09. The van der Waals surface area contributed by atoms with Gasteiger partial charge in [-0.1, -0.05) is 19.1 Å². The summed E-state index contributed by atoms with van der Waals surface area (Å²) in [4.78, 5) is 0. The van der Waals surface area contributed by atoms with Gasteiger partial charge in [-0.25, -0.2) is 0 Å². The van der Waals surface area contributed by atoms with Gasteiger partial charge in [0.1, 0.15) is 5.75 Å². The van der Waals surface area contributed by atoms with Crippen LogP contribution in [-0.2, 0) is 6.42 Å². The van der Waals surface area contributed by atoms with Crippen LogP contribution in [0, 0.1) is 11.8 Å². The molecular formula is C15H23NO. The zero-order chi connectivity index (χ0) is 12.3. The van der Waals surface area contributed by atoms with Gasteiger partial charge in [0.05, 0.1) is 0 Å². The van der Waals surface area contributed by atoms with Crippen molar-refractivity contribution in [2.75, 3.05) is 7.05 Å². The number of rotatable bonds is 3. The van der Waals surface area contributed by atoms with Crippen LogP contribution in [0.15, 0.2) is 24.3 Å². The average molecular weight is 233 g/mol. The second kappa shape index (κ2) is 5.54. The topological polar surface area (TPSA) is 32.3 Å². The van der Waals surface area contributed by atoms with E-state index >= 15 is 0 Å². The first-order valence-electron chi connectivity index (χ1n) is 6.64. The van der Waals surface area contributed by atoms with Gasteiger partial charge in [-0.3, -0.25) is 0 Å². The predicted molar refractivity (Wildman–Crippen MR) is 71.2 cm³/mol. The average Bonchev–Trinajstić information content (AvgIpc) is 2.29. The highest BCUT2D eigenvalue weighted by Gasteiger charge is 2.27. The van der Waals surface area contributed by atoms with Crippen LogP contribution in [0.5, 0.6) is 5.75 Å². The van der Waals surface area contributed by atoms with Gasteiger partial charge in [0.15, 0.2) is 0 Å². The second-order valence-electron chi connectivity index (χ2n) is 5.45. The molecule has 2 heteroatoms. The lowest BCUT2D eigenvalue weighted by atomic mass is 9.76. The zero-order valence-corrected chi connectivity index (χ0v) is 10.8. The summed E-state index contributed by atoms with van der Waals surface area (Å²) < 4.78 is 0. The summed E-state index contributed by atoms with van der Waals surface area (Å²) in [6.07, 6.45) is 4.98. The highest BCUT2D eigenvalue weighted by Crippen LogP contribution is 2.31. The maximum absolute atomic E-state index is 9.50. The third-order valence-electron chi connectivity index (χ3n) is 4.02. The third-order valence-corrected chi connectivity index (χ3v) is 4.02. The largest absolute Gasteiger partial charge is 0.508 e. The molecule has 17 heavy (non-hydrogen) atoms. The molecule has 3 atom stereocenters. The summed E-state index contributed by atoms with van der Waals surface area (Å²) in [7, 11) is 2.07. The summed E-state index contributed by atoms with van der Waals surface area (Å²) in [5.74, 6) is 1.92. The SMILES string of the molecule is CNC1CCC(C)CC1Cc1cccc(O)c1. The molecule has 0 aliphatic heterocycles. The van der Waals surface area contributed by atoms with E-state index in [1.165, 1.54) is 24.8 Å². The summed E-state index contributed by atoms with van der Waals surface area (Å²) >= 11 is 0. The number of phenolic OH excluding ortho intramolecular Hbond substituents is 1. The summed E-state index contributed by atoms with van der Waals surface area (Å²) in [6, 6.07) is 8.32. The minimum Gasteiger partial charge on any atom is -0.508 e. The Bertz CT molecular complexity index is 364. The van der Waals surface area contributed by atoms with E-state index in [1.807, 2.05) is 12.1 Å². The number of benzene rings is 1. The Balaban J connectivity index is 2.04. The van der Waals surface area contributed by atoms with Gasteiger partial charge in [0.2, 0.25) is 0 Å². The van der Waals surface area contributed by atoms with Crippen LogP contribution in [0.2, 0.25) is 0 Å². The van der Waals surface area contributed by atoms with Crippen molar-refractivity contribution in [2.45, 2.75) is 38.6 Å². The third kappa shape index (κ3) is 3.22. The number of phenols is 1. The van der Waals surface area contributed by atoms with Crippen LogP contribution < -0.4 is 5.32 Å². The molecule has 0 spiro atoms. The zero-order valence-electron chi connectivity index (χ0n) is 10.8. The van der Waals surface area contributed by atoms with Crippen molar-refractivity contribution in [3.8, 4) is 5.75 Å². The quantitative estimate of drug-likeness (QED) is 0.841. The van der Waals surface area contributed by atoms with Gasteiger partial charge < -0.3 is 10.4 Å². The maximum atomic E-state index is 9.50. The van der Waals surface area contributed by atoms with Crippen LogP contribution in [0.3, 0.4) is 0 Å². The molecule has 1 aromatic rings. The fraction of sp³-hybridized carbons (Fsp3) is 0.600. The molecule has 0 heterocycles. The lowest BCUT2D eigenvalue weighted by Crippen LogP contribution is -2.39. The standard InChI is InChI=1S/C15H23NO/c1-11-6-7-15(16-2)13(8-11)9-12-4-3-5-14(17)10-12/h3-5,10-11,13,15-17H,6-9H2,1-2H3. The molecule has 1 aliphatic rings. The van der Waals surface area contributed by atoms with E-state index < -0.39 is 0 Å². The Morgan fingerprint density at radius 1 is 1.35 bits per heavy atom. The van der Waals surface area contributed by atoms with Crippen molar-refractivity contribution in [1.29, 1.82) is 0 Å². The van der Waals surface area contributed by atoms with Crippen molar-refractivity contribution in [3.05, 3.63) is 29.8 Å².